The Kier molecular flexibility index (Phi) is 10.4. The van der Waals surface area contributed by atoms with Crippen LogP contribution >= 0.6 is 0 Å². The highest BCUT2D eigenvalue weighted by atomic mass is 15.3. The van der Waals surface area contributed by atoms with Crippen molar-refractivity contribution in [2.24, 2.45) is 5.92 Å². The maximum absolute atomic E-state index is 4.61. The molecule has 4 aliphatic carbocycles. The molecule has 0 bridgehead atoms. The molecule has 0 N–H and O–H groups in total. The number of unbranched alkanes of at least 4 members (excludes halogenated alkanes) is 3. The van der Waals surface area contributed by atoms with E-state index in [1.165, 1.54) is 117 Å². The maximum atomic E-state index is 4.61. The zero-order valence-corrected chi connectivity index (χ0v) is 36.0. The number of aryl methyl sites for hydroxylation is 3. The standard InChI is InChI=1S/C58H61N/c1-8-39(2)49-37-56(50-36-54-51(33-40(50)3)48-29-18-19-30-53(48)57(54,5)6)59(58(7)38-41(58)4)55-32-31-45(35-52(49)55)47-28-17-16-27-46(47)44-26-20-25-43(34-44)24-13-10-9-12-21-42-22-14-11-15-23-42/h8,11,14-20,22-23,25-26,28-37,41,46,55H,1-2,9-10,12-13,21,24,27,38H2,3-7H3. The minimum atomic E-state index is -0.0665. The van der Waals surface area contributed by atoms with Crippen molar-refractivity contribution in [2.45, 2.75) is 109 Å². The molecular weight excluding hydrogens is 711 g/mol. The smallest absolute Gasteiger partial charge is 0.0742 e. The molecule has 9 rings (SSSR count). The molecule has 1 saturated carbocycles. The first-order chi connectivity index (χ1) is 28.6. The molecule has 1 heteroatoms. The molecule has 59 heavy (non-hydrogen) atoms. The van der Waals surface area contributed by atoms with E-state index in [1.807, 2.05) is 6.08 Å². The second-order valence-corrected chi connectivity index (χ2v) is 18.7. The number of hydrogen-bond donors (Lipinski definition) is 0. The van der Waals surface area contributed by atoms with Crippen molar-refractivity contribution in [3.05, 3.63) is 220 Å². The summed E-state index contributed by atoms with van der Waals surface area (Å²) in [5.41, 5.74) is 20.1. The lowest BCUT2D eigenvalue weighted by atomic mass is 9.76. The van der Waals surface area contributed by atoms with Crippen LogP contribution in [0.3, 0.4) is 0 Å². The molecule has 4 aromatic carbocycles. The Labute approximate surface area is 354 Å². The Hall–Kier alpha value is -5.40. The van der Waals surface area contributed by atoms with Gasteiger partial charge in [0, 0.05) is 28.1 Å². The normalized spacial score (nSPS) is 23.5. The molecular formula is C58H61N. The van der Waals surface area contributed by atoms with Gasteiger partial charge in [0.1, 0.15) is 0 Å². The van der Waals surface area contributed by atoms with E-state index in [-0.39, 0.29) is 17.0 Å². The van der Waals surface area contributed by atoms with Gasteiger partial charge in [-0.3, -0.25) is 0 Å². The van der Waals surface area contributed by atoms with Gasteiger partial charge in [0.15, 0.2) is 0 Å². The molecule has 4 atom stereocenters. The van der Waals surface area contributed by atoms with Gasteiger partial charge in [0.2, 0.25) is 0 Å². The summed E-state index contributed by atoms with van der Waals surface area (Å²) in [6.45, 7) is 20.9. The second-order valence-electron chi connectivity index (χ2n) is 18.7. The second kappa shape index (κ2) is 15.6. The molecule has 5 aliphatic rings. The number of fused-ring (bicyclic) bond motifs is 4. The van der Waals surface area contributed by atoms with Gasteiger partial charge in [-0.25, -0.2) is 0 Å². The van der Waals surface area contributed by atoms with Crippen LogP contribution in [0.25, 0.3) is 16.8 Å². The summed E-state index contributed by atoms with van der Waals surface area (Å²) in [5.74, 6) is 0.917. The van der Waals surface area contributed by atoms with Crippen molar-refractivity contribution in [3.8, 4) is 11.1 Å². The van der Waals surface area contributed by atoms with Gasteiger partial charge in [-0.1, -0.05) is 168 Å². The van der Waals surface area contributed by atoms with Crippen LogP contribution < -0.4 is 0 Å². The van der Waals surface area contributed by atoms with Crippen LogP contribution in [-0.4, -0.2) is 16.5 Å². The number of rotatable bonds is 13. The molecule has 0 aromatic heterocycles. The summed E-state index contributed by atoms with van der Waals surface area (Å²) in [6.07, 6.45) is 28.4. The third kappa shape index (κ3) is 7.11. The number of hydrogen-bond acceptors (Lipinski definition) is 1. The summed E-state index contributed by atoms with van der Waals surface area (Å²) < 4.78 is 0. The van der Waals surface area contributed by atoms with E-state index < -0.39 is 0 Å². The van der Waals surface area contributed by atoms with E-state index in [0.29, 0.717) is 11.8 Å². The van der Waals surface area contributed by atoms with Crippen LogP contribution in [-0.2, 0) is 18.3 Å². The lowest BCUT2D eigenvalue weighted by Gasteiger charge is -2.46. The number of benzene rings is 4. The minimum absolute atomic E-state index is 0.0557. The van der Waals surface area contributed by atoms with E-state index in [0.717, 1.165) is 18.4 Å². The predicted molar refractivity (Wildman–Crippen MR) is 251 cm³/mol. The first-order valence-corrected chi connectivity index (χ1v) is 22.3. The Morgan fingerprint density at radius 2 is 1.53 bits per heavy atom. The Morgan fingerprint density at radius 3 is 2.29 bits per heavy atom. The monoisotopic (exact) mass is 771 g/mol. The quantitative estimate of drug-likeness (QED) is 0.0966. The van der Waals surface area contributed by atoms with Gasteiger partial charge in [0.05, 0.1) is 6.04 Å². The van der Waals surface area contributed by atoms with Crippen LogP contribution in [0.15, 0.2) is 181 Å². The molecule has 4 aromatic rings. The van der Waals surface area contributed by atoms with Gasteiger partial charge in [-0.05, 0) is 149 Å². The maximum Gasteiger partial charge on any atom is 0.0742 e. The third-order valence-corrected chi connectivity index (χ3v) is 14.6. The summed E-state index contributed by atoms with van der Waals surface area (Å²) in [5, 5.41) is 0. The van der Waals surface area contributed by atoms with Crippen molar-refractivity contribution in [1.29, 1.82) is 0 Å². The van der Waals surface area contributed by atoms with Crippen LogP contribution in [0, 0.1) is 12.8 Å². The zero-order chi connectivity index (χ0) is 40.9. The number of nitrogens with zero attached hydrogens (tertiary/aromatic N) is 1. The highest BCUT2D eigenvalue weighted by Gasteiger charge is 2.55. The molecule has 0 radical (unpaired) electrons. The molecule has 298 valence electrons. The Morgan fingerprint density at radius 1 is 0.797 bits per heavy atom. The van der Waals surface area contributed by atoms with Crippen molar-refractivity contribution in [1.82, 2.24) is 4.90 Å². The lowest BCUT2D eigenvalue weighted by molar-refractivity contribution is 0.251. The molecule has 0 amide bonds. The van der Waals surface area contributed by atoms with Gasteiger partial charge < -0.3 is 4.90 Å². The average molecular weight is 772 g/mol. The minimum Gasteiger partial charge on any atom is -0.355 e. The average Bonchev–Trinajstić information content (AvgIpc) is 3.82. The van der Waals surface area contributed by atoms with Gasteiger partial charge in [0.25, 0.3) is 0 Å². The van der Waals surface area contributed by atoms with E-state index >= 15 is 0 Å². The van der Waals surface area contributed by atoms with Crippen LogP contribution in [0.4, 0.5) is 0 Å². The first kappa shape index (κ1) is 39.1. The van der Waals surface area contributed by atoms with E-state index in [1.54, 1.807) is 0 Å². The van der Waals surface area contributed by atoms with E-state index in [4.69, 9.17) is 0 Å². The lowest BCUT2D eigenvalue weighted by Crippen LogP contribution is -2.46. The van der Waals surface area contributed by atoms with Gasteiger partial charge >= 0.3 is 0 Å². The fraction of sp³-hybridized carbons (Fsp3) is 0.310. The fourth-order valence-corrected chi connectivity index (χ4v) is 10.8. The summed E-state index contributed by atoms with van der Waals surface area (Å²) in [6, 6.07) is 34.5. The molecule has 4 unspecified atom stereocenters. The zero-order valence-electron chi connectivity index (χ0n) is 36.0. The van der Waals surface area contributed by atoms with Gasteiger partial charge in [-0.15, -0.1) is 0 Å². The van der Waals surface area contributed by atoms with Crippen molar-refractivity contribution < 1.29 is 0 Å². The predicted octanol–water partition coefficient (Wildman–Crippen LogP) is 14.7. The highest BCUT2D eigenvalue weighted by Crippen LogP contribution is 2.57. The van der Waals surface area contributed by atoms with Crippen molar-refractivity contribution in [3.63, 3.8) is 0 Å². The third-order valence-electron chi connectivity index (χ3n) is 14.6. The largest absolute Gasteiger partial charge is 0.355 e. The first-order valence-electron chi connectivity index (χ1n) is 22.3. The summed E-state index contributed by atoms with van der Waals surface area (Å²) in [4.78, 5) is 2.78. The Balaban J connectivity index is 1.03. The highest BCUT2D eigenvalue weighted by molar-refractivity contribution is 5.86. The Bertz CT molecular complexity index is 2510. The molecule has 1 nitrogen and oxygen atoms in total. The SMILES string of the molecule is C=CC(=C)C1=C2C=C(C3=CC=CCC3c3cccc(CCCCCCc4ccccc4)c3)C=CC2N(C2(C)CC2C)C(c2cc3c(cc2C)-c2ccccc2C3(C)C)=C1. The summed E-state index contributed by atoms with van der Waals surface area (Å²) in [7, 11) is 0. The molecule has 0 saturated heterocycles. The number of allylic oxidation sites excluding steroid dienone is 10. The summed E-state index contributed by atoms with van der Waals surface area (Å²) >= 11 is 0. The molecule has 1 fully saturated rings. The van der Waals surface area contributed by atoms with E-state index in [2.05, 4.69) is 186 Å². The van der Waals surface area contributed by atoms with Crippen LogP contribution in [0.1, 0.15) is 111 Å². The fourth-order valence-electron chi connectivity index (χ4n) is 10.8. The van der Waals surface area contributed by atoms with Crippen LogP contribution in [0.5, 0.6) is 0 Å². The molecule has 1 heterocycles. The van der Waals surface area contributed by atoms with Crippen LogP contribution in [0.2, 0.25) is 0 Å². The van der Waals surface area contributed by atoms with Crippen molar-refractivity contribution in [2.75, 3.05) is 0 Å². The van der Waals surface area contributed by atoms with E-state index in [9.17, 15) is 0 Å². The van der Waals surface area contributed by atoms with Crippen molar-refractivity contribution >= 4 is 5.70 Å². The van der Waals surface area contributed by atoms with Gasteiger partial charge in [-0.2, -0.15) is 0 Å². The molecule has 0 spiro atoms. The topological polar surface area (TPSA) is 3.24 Å². The molecule has 1 aliphatic heterocycles.